The van der Waals surface area contributed by atoms with E-state index >= 15 is 0 Å². The highest BCUT2D eigenvalue weighted by Crippen LogP contribution is 2.12. The van der Waals surface area contributed by atoms with Crippen molar-refractivity contribution in [1.29, 1.82) is 0 Å². The maximum atomic E-state index is 3.48. The summed E-state index contributed by atoms with van der Waals surface area (Å²) in [4.78, 5) is 2.44. The largest absolute Gasteiger partial charge is 0.316 e. The molecule has 18 heavy (non-hydrogen) atoms. The molecule has 0 bridgehead atoms. The molecule has 1 aromatic rings. The van der Waals surface area contributed by atoms with Gasteiger partial charge in [-0.1, -0.05) is 30.3 Å². The van der Waals surface area contributed by atoms with Crippen molar-refractivity contribution in [2.75, 3.05) is 26.7 Å². The van der Waals surface area contributed by atoms with E-state index in [9.17, 15) is 0 Å². The Hall–Kier alpha value is -0.280. The summed E-state index contributed by atoms with van der Waals surface area (Å²) in [6, 6.07) is 10.7. The zero-order valence-electron chi connectivity index (χ0n) is 11.0. The van der Waals surface area contributed by atoms with Gasteiger partial charge in [-0.15, -0.1) is 24.8 Å². The molecule has 104 valence electrons. The molecule has 2 rings (SSSR count). The summed E-state index contributed by atoms with van der Waals surface area (Å²) < 4.78 is 0. The Kier molecular flexibility index (Phi) is 9.47. The second kappa shape index (κ2) is 9.62. The van der Waals surface area contributed by atoms with Gasteiger partial charge in [-0.05, 0) is 44.5 Å². The molecule has 1 aromatic carbocycles. The fraction of sp³-hybridized carbons (Fsp3) is 0.571. The number of nitrogens with zero attached hydrogens (tertiary/aromatic N) is 1. The minimum atomic E-state index is 0. The van der Waals surface area contributed by atoms with E-state index in [1.807, 2.05) is 0 Å². The first-order chi connectivity index (χ1) is 7.84. The van der Waals surface area contributed by atoms with Crippen LogP contribution in [-0.2, 0) is 6.54 Å². The summed E-state index contributed by atoms with van der Waals surface area (Å²) in [5.74, 6) is 0.836. The lowest BCUT2D eigenvalue weighted by atomic mass is 9.99. The maximum absolute atomic E-state index is 3.48. The Bertz CT molecular complexity index is 300. The maximum Gasteiger partial charge on any atom is 0.0230 e. The van der Waals surface area contributed by atoms with E-state index in [0.29, 0.717) is 0 Å². The number of rotatable bonds is 4. The fourth-order valence-electron chi connectivity index (χ4n) is 2.48. The topological polar surface area (TPSA) is 15.3 Å². The van der Waals surface area contributed by atoms with E-state index < -0.39 is 0 Å². The number of hydrogen-bond acceptors (Lipinski definition) is 2. The molecule has 1 aliphatic rings. The average Bonchev–Trinajstić information content (AvgIpc) is 2.31. The van der Waals surface area contributed by atoms with Crippen molar-refractivity contribution in [2.24, 2.45) is 5.92 Å². The second-order valence-electron chi connectivity index (χ2n) is 4.89. The highest BCUT2D eigenvalue weighted by Gasteiger charge is 2.14. The van der Waals surface area contributed by atoms with Gasteiger partial charge in [-0.3, -0.25) is 0 Å². The lowest BCUT2D eigenvalue weighted by Crippen LogP contribution is -2.36. The van der Waals surface area contributed by atoms with Crippen LogP contribution in [0.3, 0.4) is 0 Å². The van der Waals surface area contributed by atoms with E-state index in [2.05, 4.69) is 47.6 Å². The van der Waals surface area contributed by atoms with Gasteiger partial charge in [0.25, 0.3) is 0 Å². The molecule has 1 unspecified atom stereocenters. The van der Waals surface area contributed by atoms with Crippen molar-refractivity contribution < 1.29 is 0 Å². The molecule has 1 saturated heterocycles. The summed E-state index contributed by atoms with van der Waals surface area (Å²) in [5.41, 5.74) is 1.41. The van der Waals surface area contributed by atoms with Crippen molar-refractivity contribution in [3.05, 3.63) is 35.9 Å². The Labute approximate surface area is 123 Å². The molecule has 0 saturated carbocycles. The first kappa shape index (κ1) is 17.7. The minimum absolute atomic E-state index is 0. The van der Waals surface area contributed by atoms with E-state index in [-0.39, 0.29) is 24.8 Å². The molecule has 1 fully saturated rings. The molecule has 1 N–H and O–H groups in total. The molecule has 1 heterocycles. The van der Waals surface area contributed by atoms with Crippen LogP contribution in [0.1, 0.15) is 18.4 Å². The Morgan fingerprint density at radius 1 is 1.22 bits per heavy atom. The van der Waals surface area contributed by atoms with Gasteiger partial charge in [-0.2, -0.15) is 0 Å². The molecule has 4 heteroatoms. The summed E-state index contributed by atoms with van der Waals surface area (Å²) in [6.45, 7) is 4.68. The van der Waals surface area contributed by atoms with Gasteiger partial charge in [-0.25, -0.2) is 0 Å². The molecule has 0 spiro atoms. The van der Waals surface area contributed by atoms with Crippen LogP contribution in [0.5, 0.6) is 0 Å². The van der Waals surface area contributed by atoms with Gasteiger partial charge in [0.05, 0.1) is 0 Å². The summed E-state index contributed by atoms with van der Waals surface area (Å²) in [7, 11) is 2.22. The van der Waals surface area contributed by atoms with E-state index in [1.165, 1.54) is 38.0 Å². The normalized spacial score (nSPS) is 18.9. The van der Waals surface area contributed by atoms with E-state index in [1.54, 1.807) is 0 Å². The van der Waals surface area contributed by atoms with Gasteiger partial charge in [0.1, 0.15) is 0 Å². The first-order valence-corrected chi connectivity index (χ1v) is 6.28. The van der Waals surface area contributed by atoms with E-state index in [0.717, 1.165) is 12.5 Å². The fourth-order valence-corrected chi connectivity index (χ4v) is 2.48. The van der Waals surface area contributed by atoms with Crippen LogP contribution < -0.4 is 5.32 Å². The number of piperidine rings is 1. The third-order valence-electron chi connectivity index (χ3n) is 3.26. The standard InChI is InChI=1S/C14H22N2.2ClH/c1-16(11-13-6-3-2-4-7-13)12-14-8-5-9-15-10-14;;/h2-4,6-7,14-15H,5,8-12H2,1H3;2*1H. The van der Waals surface area contributed by atoms with Gasteiger partial charge < -0.3 is 10.2 Å². The summed E-state index contributed by atoms with van der Waals surface area (Å²) in [6.07, 6.45) is 2.72. The Morgan fingerprint density at radius 3 is 2.56 bits per heavy atom. The van der Waals surface area contributed by atoms with Crippen LogP contribution in [0.4, 0.5) is 0 Å². The van der Waals surface area contributed by atoms with Crippen molar-refractivity contribution in [2.45, 2.75) is 19.4 Å². The van der Waals surface area contributed by atoms with Gasteiger partial charge >= 0.3 is 0 Å². The lowest BCUT2D eigenvalue weighted by Gasteiger charge is -2.27. The molecule has 2 nitrogen and oxygen atoms in total. The third-order valence-corrected chi connectivity index (χ3v) is 3.26. The zero-order chi connectivity index (χ0) is 11.2. The average molecular weight is 291 g/mol. The van der Waals surface area contributed by atoms with Crippen LogP contribution in [0.25, 0.3) is 0 Å². The van der Waals surface area contributed by atoms with Crippen molar-refractivity contribution in [3.63, 3.8) is 0 Å². The molecular weight excluding hydrogens is 267 g/mol. The number of hydrogen-bond donors (Lipinski definition) is 1. The van der Waals surface area contributed by atoms with Crippen LogP contribution in [0.2, 0.25) is 0 Å². The molecule has 0 aromatic heterocycles. The smallest absolute Gasteiger partial charge is 0.0230 e. The first-order valence-electron chi connectivity index (χ1n) is 6.28. The van der Waals surface area contributed by atoms with E-state index in [4.69, 9.17) is 0 Å². The Balaban J connectivity index is 0.00000144. The molecule has 1 atom stereocenters. The zero-order valence-corrected chi connectivity index (χ0v) is 12.6. The van der Waals surface area contributed by atoms with Crippen LogP contribution in [0, 0.1) is 5.92 Å². The highest BCUT2D eigenvalue weighted by atomic mass is 35.5. The quantitative estimate of drug-likeness (QED) is 0.917. The van der Waals surface area contributed by atoms with Crippen molar-refractivity contribution in [1.82, 2.24) is 10.2 Å². The Morgan fingerprint density at radius 2 is 1.94 bits per heavy atom. The monoisotopic (exact) mass is 290 g/mol. The third kappa shape index (κ3) is 6.05. The van der Waals surface area contributed by atoms with Crippen LogP contribution >= 0.6 is 24.8 Å². The molecule has 1 aliphatic heterocycles. The second-order valence-corrected chi connectivity index (χ2v) is 4.89. The predicted octanol–water partition coefficient (Wildman–Crippen LogP) is 2.96. The summed E-state index contributed by atoms with van der Waals surface area (Å²) >= 11 is 0. The van der Waals surface area contributed by atoms with Crippen LogP contribution in [-0.4, -0.2) is 31.6 Å². The number of halogens is 2. The van der Waals surface area contributed by atoms with Crippen LogP contribution in [0.15, 0.2) is 30.3 Å². The lowest BCUT2D eigenvalue weighted by molar-refractivity contribution is 0.237. The SMILES string of the molecule is CN(Cc1ccccc1)CC1CCCNC1.Cl.Cl. The minimum Gasteiger partial charge on any atom is -0.316 e. The van der Waals surface area contributed by atoms with Crippen molar-refractivity contribution >= 4 is 24.8 Å². The highest BCUT2D eigenvalue weighted by molar-refractivity contribution is 5.85. The summed E-state index contributed by atoms with van der Waals surface area (Å²) in [5, 5.41) is 3.48. The molecule has 0 amide bonds. The van der Waals surface area contributed by atoms with Crippen molar-refractivity contribution in [3.8, 4) is 0 Å². The molecule has 0 radical (unpaired) electrons. The molecular formula is C14H24Cl2N2. The number of benzene rings is 1. The number of nitrogens with one attached hydrogen (secondary N) is 1. The predicted molar refractivity (Wildman–Crippen MR) is 82.9 cm³/mol. The van der Waals surface area contributed by atoms with Gasteiger partial charge in [0.2, 0.25) is 0 Å². The molecule has 0 aliphatic carbocycles. The van der Waals surface area contributed by atoms with Gasteiger partial charge in [0.15, 0.2) is 0 Å². The van der Waals surface area contributed by atoms with Gasteiger partial charge in [0, 0.05) is 13.1 Å².